The molecule has 3 rings (SSSR count). The number of hydrogen-bond acceptors (Lipinski definition) is 2. The first-order valence-electron chi connectivity index (χ1n) is 8.27. The van der Waals surface area contributed by atoms with Crippen molar-refractivity contribution in [2.45, 2.75) is 12.7 Å². The van der Waals surface area contributed by atoms with Gasteiger partial charge in [-0.1, -0.05) is 36.4 Å². The van der Waals surface area contributed by atoms with Gasteiger partial charge in [0.2, 0.25) is 0 Å². The van der Waals surface area contributed by atoms with Crippen LogP contribution in [-0.2, 0) is 12.7 Å². The average Bonchev–Trinajstić information content (AvgIpc) is 2.62. The molecule has 0 unspecified atom stereocenters. The van der Waals surface area contributed by atoms with E-state index in [9.17, 15) is 22.4 Å². The lowest BCUT2D eigenvalue weighted by Crippen LogP contribution is -2.48. The molecule has 2 aromatic rings. The summed E-state index contributed by atoms with van der Waals surface area (Å²) in [5, 5.41) is 0. The molecule has 26 heavy (non-hydrogen) atoms. The second kappa shape index (κ2) is 7.45. The summed E-state index contributed by atoms with van der Waals surface area (Å²) >= 11 is 0. The van der Waals surface area contributed by atoms with Crippen LogP contribution in [-0.4, -0.2) is 41.9 Å². The predicted molar refractivity (Wildman–Crippen MR) is 89.0 cm³/mol. The van der Waals surface area contributed by atoms with Gasteiger partial charge in [0.05, 0.1) is 11.1 Å². The Morgan fingerprint density at radius 2 is 1.58 bits per heavy atom. The zero-order valence-electron chi connectivity index (χ0n) is 14.0. The van der Waals surface area contributed by atoms with Crippen LogP contribution in [0.3, 0.4) is 0 Å². The highest BCUT2D eigenvalue weighted by Crippen LogP contribution is 2.32. The molecule has 1 aliphatic rings. The lowest BCUT2D eigenvalue weighted by Gasteiger charge is -2.35. The van der Waals surface area contributed by atoms with Gasteiger partial charge in [-0.25, -0.2) is 4.39 Å². The molecular weight excluding hydrogens is 348 g/mol. The predicted octanol–water partition coefficient (Wildman–Crippen LogP) is 3.80. The Bertz CT molecular complexity index is 769. The number of hydrogen-bond donors (Lipinski definition) is 0. The zero-order chi connectivity index (χ0) is 18.7. The average molecular weight is 366 g/mol. The van der Waals surface area contributed by atoms with Gasteiger partial charge in [0.1, 0.15) is 5.82 Å². The fraction of sp³-hybridized carbons (Fsp3) is 0.316. The van der Waals surface area contributed by atoms with E-state index < -0.39 is 29.0 Å². The van der Waals surface area contributed by atoms with Crippen LogP contribution < -0.4 is 0 Å². The van der Waals surface area contributed by atoms with Crippen LogP contribution in [0.5, 0.6) is 0 Å². The van der Waals surface area contributed by atoms with Gasteiger partial charge in [-0.15, -0.1) is 0 Å². The van der Waals surface area contributed by atoms with E-state index >= 15 is 0 Å². The summed E-state index contributed by atoms with van der Waals surface area (Å²) in [5.74, 6) is -2.20. The van der Waals surface area contributed by atoms with Crippen molar-refractivity contribution in [2.24, 2.45) is 0 Å². The standard InChI is InChI=1S/C19H18F4N2O/c20-17-15(7-4-8-16(17)19(21,22)23)18(26)25-11-9-24(10-12-25)13-14-5-2-1-3-6-14/h1-8H,9-13H2. The molecule has 1 fully saturated rings. The van der Waals surface area contributed by atoms with Crippen molar-refractivity contribution in [1.82, 2.24) is 9.80 Å². The number of benzene rings is 2. The molecule has 3 nitrogen and oxygen atoms in total. The maximum atomic E-state index is 14.2. The molecule has 1 saturated heterocycles. The SMILES string of the molecule is O=C(c1cccc(C(F)(F)F)c1F)N1CCN(Cc2ccccc2)CC1. The number of halogens is 4. The fourth-order valence-corrected chi connectivity index (χ4v) is 3.04. The minimum Gasteiger partial charge on any atom is -0.336 e. The Morgan fingerprint density at radius 1 is 0.923 bits per heavy atom. The van der Waals surface area contributed by atoms with E-state index in [2.05, 4.69) is 4.90 Å². The molecule has 138 valence electrons. The third-order valence-electron chi connectivity index (χ3n) is 4.44. The molecule has 1 amide bonds. The molecule has 0 atom stereocenters. The molecular formula is C19H18F4N2O. The Balaban J connectivity index is 1.66. The van der Waals surface area contributed by atoms with Gasteiger partial charge in [-0.2, -0.15) is 13.2 Å². The van der Waals surface area contributed by atoms with Crippen molar-refractivity contribution in [2.75, 3.05) is 26.2 Å². The van der Waals surface area contributed by atoms with Crippen LogP contribution in [0.2, 0.25) is 0 Å². The normalized spacial score (nSPS) is 15.9. The van der Waals surface area contributed by atoms with E-state index in [1.54, 1.807) is 0 Å². The van der Waals surface area contributed by atoms with Crippen molar-refractivity contribution in [3.05, 3.63) is 71.0 Å². The second-order valence-electron chi connectivity index (χ2n) is 6.22. The zero-order valence-corrected chi connectivity index (χ0v) is 14.0. The Kier molecular flexibility index (Phi) is 5.27. The molecule has 0 bridgehead atoms. The number of rotatable bonds is 3. The summed E-state index contributed by atoms with van der Waals surface area (Å²) < 4.78 is 52.6. The number of amides is 1. The molecule has 0 saturated carbocycles. The number of carbonyl (C=O) groups excluding carboxylic acids is 1. The van der Waals surface area contributed by atoms with Crippen LogP contribution in [0.4, 0.5) is 17.6 Å². The van der Waals surface area contributed by atoms with Crippen LogP contribution in [0.1, 0.15) is 21.5 Å². The minimum atomic E-state index is -4.82. The number of nitrogens with zero attached hydrogens (tertiary/aromatic N) is 2. The molecule has 0 spiro atoms. The van der Waals surface area contributed by atoms with Crippen LogP contribution in [0, 0.1) is 5.82 Å². The Hall–Kier alpha value is -2.41. The highest BCUT2D eigenvalue weighted by Gasteiger charge is 2.36. The molecule has 1 heterocycles. The van der Waals surface area contributed by atoms with Gasteiger partial charge in [0.25, 0.3) is 5.91 Å². The van der Waals surface area contributed by atoms with Crippen molar-refractivity contribution in [3.8, 4) is 0 Å². The van der Waals surface area contributed by atoms with Crippen LogP contribution in [0.25, 0.3) is 0 Å². The van der Waals surface area contributed by atoms with Crippen molar-refractivity contribution in [3.63, 3.8) is 0 Å². The monoisotopic (exact) mass is 366 g/mol. The van der Waals surface area contributed by atoms with Gasteiger partial charge >= 0.3 is 6.18 Å². The molecule has 0 N–H and O–H groups in total. The topological polar surface area (TPSA) is 23.6 Å². The van der Waals surface area contributed by atoms with Gasteiger partial charge in [-0.3, -0.25) is 9.69 Å². The molecule has 0 radical (unpaired) electrons. The highest BCUT2D eigenvalue weighted by molar-refractivity contribution is 5.94. The van der Waals surface area contributed by atoms with E-state index in [-0.39, 0.29) is 0 Å². The molecule has 0 aliphatic carbocycles. The van der Waals surface area contributed by atoms with E-state index in [1.165, 1.54) is 4.90 Å². The van der Waals surface area contributed by atoms with Gasteiger partial charge < -0.3 is 4.90 Å². The van der Waals surface area contributed by atoms with E-state index in [0.29, 0.717) is 32.2 Å². The summed E-state index contributed by atoms with van der Waals surface area (Å²) in [5.41, 5.74) is -0.793. The maximum absolute atomic E-state index is 14.2. The first-order valence-corrected chi connectivity index (χ1v) is 8.27. The van der Waals surface area contributed by atoms with Gasteiger partial charge in [0, 0.05) is 32.7 Å². The second-order valence-corrected chi connectivity index (χ2v) is 6.22. The summed E-state index contributed by atoms with van der Waals surface area (Å²) in [4.78, 5) is 16.0. The van der Waals surface area contributed by atoms with Gasteiger partial charge in [0.15, 0.2) is 0 Å². The van der Waals surface area contributed by atoms with Crippen LogP contribution >= 0.6 is 0 Å². The van der Waals surface area contributed by atoms with E-state index in [0.717, 1.165) is 24.2 Å². The molecule has 0 aromatic heterocycles. The molecule has 2 aromatic carbocycles. The van der Waals surface area contributed by atoms with E-state index in [1.807, 2.05) is 30.3 Å². The number of carbonyl (C=O) groups is 1. The third-order valence-corrected chi connectivity index (χ3v) is 4.44. The van der Waals surface area contributed by atoms with Crippen molar-refractivity contribution >= 4 is 5.91 Å². The first kappa shape index (κ1) is 18.4. The number of alkyl halides is 3. The lowest BCUT2D eigenvalue weighted by molar-refractivity contribution is -0.140. The third kappa shape index (κ3) is 4.04. The quantitative estimate of drug-likeness (QED) is 0.772. The van der Waals surface area contributed by atoms with Crippen LogP contribution in [0.15, 0.2) is 48.5 Å². The first-order chi connectivity index (χ1) is 12.4. The Labute approximate surface area is 148 Å². The summed E-state index contributed by atoms with van der Waals surface area (Å²) in [6.45, 7) is 2.60. The van der Waals surface area contributed by atoms with Crippen molar-refractivity contribution in [1.29, 1.82) is 0 Å². The summed E-state index contributed by atoms with van der Waals surface area (Å²) in [6, 6.07) is 12.7. The van der Waals surface area contributed by atoms with Gasteiger partial charge in [-0.05, 0) is 17.7 Å². The van der Waals surface area contributed by atoms with E-state index in [4.69, 9.17) is 0 Å². The maximum Gasteiger partial charge on any atom is 0.419 e. The lowest BCUT2D eigenvalue weighted by atomic mass is 10.1. The molecule has 7 heteroatoms. The summed E-state index contributed by atoms with van der Waals surface area (Å²) in [6.07, 6.45) is -4.82. The largest absolute Gasteiger partial charge is 0.419 e. The number of piperazine rings is 1. The minimum absolute atomic E-state index is 0.349. The van der Waals surface area contributed by atoms with Crippen molar-refractivity contribution < 1.29 is 22.4 Å². The molecule has 1 aliphatic heterocycles. The Morgan fingerprint density at radius 3 is 2.19 bits per heavy atom. The fourth-order valence-electron chi connectivity index (χ4n) is 3.04. The summed E-state index contributed by atoms with van der Waals surface area (Å²) in [7, 11) is 0. The smallest absolute Gasteiger partial charge is 0.336 e. The highest BCUT2D eigenvalue weighted by atomic mass is 19.4.